The van der Waals surface area contributed by atoms with Crippen molar-refractivity contribution >= 4 is 26.0 Å². The third-order valence-corrected chi connectivity index (χ3v) is 6.51. The summed E-state index contributed by atoms with van der Waals surface area (Å²) >= 11 is 3.67. The van der Waals surface area contributed by atoms with E-state index in [-0.39, 0.29) is 4.90 Å². The van der Waals surface area contributed by atoms with Gasteiger partial charge in [-0.05, 0) is 60.7 Å². The molecule has 0 aliphatic rings. The molecule has 0 spiro atoms. The van der Waals surface area contributed by atoms with Crippen LogP contribution in [0.4, 0.5) is 0 Å². The lowest BCUT2D eigenvalue weighted by molar-refractivity contribution is -0.896. The lowest BCUT2D eigenvalue weighted by atomic mass is 10.1. The Hall–Kier alpha value is -0.430. The fraction of sp³-hybridized carbons (Fsp3) is 0.700. The first kappa shape index (κ1) is 25.6. The quantitative estimate of drug-likeness (QED) is 0.148. The molecule has 0 heterocycles. The Bertz CT molecular complexity index is 575. The number of aryl methyl sites for hydroxylation is 1. The van der Waals surface area contributed by atoms with Gasteiger partial charge in [-0.1, -0.05) is 50.8 Å². The number of hydrogen-bond donors (Lipinski definition) is 0. The summed E-state index contributed by atoms with van der Waals surface area (Å²) in [6.07, 6.45) is 9.64. The average molecular weight is 450 g/mol. The van der Waals surface area contributed by atoms with Gasteiger partial charge in [0.05, 0.1) is 25.0 Å². The van der Waals surface area contributed by atoms with E-state index in [0.717, 1.165) is 11.0 Å². The molecule has 0 radical (unpaired) electrons. The lowest BCUT2D eigenvalue weighted by Gasteiger charge is -2.32. The molecule has 1 unspecified atom stereocenters. The summed E-state index contributed by atoms with van der Waals surface area (Å²) < 4.78 is 32.4. The third kappa shape index (κ3) is 12.0. The molecule has 1 aromatic carbocycles. The molecule has 0 aliphatic carbocycles. The van der Waals surface area contributed by atoms with Crippen molar-refractivity contribution in [3.05, 3.63) is 29.8 Å². The van der Waals surface area contributed by atoms with E-state index in [0.29, 0.717) is 0 Å². The van der Waals surface area contributed by atoms with Crippen molar-refractivity contribution < 1.29 is 17.5 Å². The van der Waals surface area contributed by atoms with Crippen LogP contribution in [0.25, 0.3) is 0 Å². The normalized spacial score (nSPS) is 13.6. The van der Waals surface area contributed by atoms with Crippen molar-refractivity contribution in [1.29, 1.82) is 0 Å². The van der Waals surface area contributed by atoms with Gasteiger partial charge >= 0.3 is 0 Å². The van der Waals surface area contributed by atoms with E-state index in [4.69, 9.17) is 0 Å². The molecule has 0 N–H and O–H groups in total. The molecule has 0 aromatic heterocycles. The number of unbranched alkanes of at least 4 members (excludes halogenated alkanes) is 5. The maximum atomic E-state index is 10.4. The van der Waals surface area contributed by atoms with Gasteiger partial charge in [0.1, 0.15) is 15.6 Å². The largest absolute Gasteiger partial charge is 0.744 e. The van der Waals surface area contributed by atoms with Crippen molar-refractivity contribution in [3.8, 4) is 0 Å². The highest BCUT2D eigenvalue weighted by molar-refractivity contribution is 9.09. The summed E-state index contributed by atoms with van der Waals surface area (Å²) in [5, 5.41) is 0. The van der Waals surface area contributed by atoms with Crippen LogP contribution in [-0.4, -0.2) is 43.0 Å². The van der Waals surface area contributed by atoms with Crippen molar-refractivity contribution in [2.24, 2.45) is 0 Å². The predicted octanol–water partition coefficient (Wildman–Crippen LogP) is 5.46. The lowest BCUT2D eigenvalue weighted by Crippen LogP contribution is -2.44. The molecule has 0 amide bonds. The Morgan fingerprint density at radius 1 is 0.923 bits per heavy atom. The van der Waals surface area contributed by atoms with E-state index in [1.807, 2.05) is 6.92 Å². The van der Waals surface area contributed by atoms with Crippen LogP contribution in [0.3, 0.4) is 0 Å². The Morgan fingerprint density at radius 3 is 1.81 bits per heavy atom. The van der Waals surface area contributed by atoms with Gasteiger partial charge in [-0.2, -0.15) is 0 Å². The maximum Gasteiger partial charge on any atom is 0.134 e. The first-order valence-electron chi connectivity index (χ1n) is 9.60. The molecule has 0 aliphatic heterocycles. The van der Waals surface area contributed by atoms with Gasteiger partial charge < -0.3 is 9.04 Å². The number of nitrogens with zero attached hydrogens (tertiary/aromatic N) is 1. The van der Waals surface area contributed by atoms with Crippen LogP contribution in [0.2, 0.25) is 0 Å². The van der Waals surface area contributed by atoms with Gasteiger partial charge in [0.15, 0.2) is 0 Å². The van der Waals surface area contributed by atoms with E-state index >= 15 is 0 Å². The van der Waals surface area contributed by atoms with Crippen molar-refractivity contribution in [1.82, 2.24) is 0 Å². The van der Waals surface area contributed by atoms with E-state index in [1.165, 1.54) is 74.7 Å². The SMILES string of the molecule is CCCCCC[N+](C)(CBr)CCCCC.Cc1ccc(S(=O)(=O)[O-])cc1. The molecule has 26 heavy (non-hydrogen) atoms. The van der Waals surface area contributed by atoms with Crippen LogP contribution >= 0.6 is 15.9 Å². The first-order chi connectivity index (χ1) is 12.2. The zero-order valence-electron chi connectivity index (χ0n) is 16.8. The summed E-state index contributed by atoms with van der Waals surface area (Å²) in [7, 11) is -1.88. The van der Waals surface area contributed by atoms with Gasteiger partial charge in [0, 0.05) is 0 Å². The Morgan fingerprint density at radius 2 is 1.38 bits per heavy atom. The second kappa shape index (κ2) is 13.7. The molecular formula is C20H36BrNO3S. The van der Waals surface area contributed by atoms with Crippen LogP contribution in [0.15, 0.2) is 29.2 Å². The average Bonchev–Trinajstić information content (AvgIpc) is 2.59. The monoisotopic (exact) mass is 449 g/mol. The summed E-state index contributed by atoms with van der Waals surface area (Å²) in [4.78, 5) is -0.178. The van der Waals surface area contributed by atoms with Crippen LogP contribution in [0, 0.1) is 6.92 Å². The third-order valence-electron chi connectivity index (χ3n) is 4.45. The molecule has 152 valence electrons. The second-order valence-corrected chi connectivity index (χ2v) is 9.10. The van der Waals surface area contributed by atoms with Crippen LogP contribution < -0.4 is 0 Å². The number of halogens is 1. The Labute approximate surface area is 169 Å². The molecular weight excluding hydrogens is 414 g/mol. The van der Waals surface area contributed by atoms with E-state index in [1.54, 1.807) is 12.1 Å². The molecule has 4 nitrogen and oxygen atoms in total. The zero-order valence-corrected chi connectivity index (χ0v) is 19.2. The number of hydrogen-bond acceptors (Lipinski definition) is 3. The minimum atomic E-state index is -4.27. The van der Waals surface area contributed by atoms with Crippen LogP contribution in [0.5, 0.6) is 0 Å². The minimum absolute atomic E-state index is 0.178. The Balaban J connectivity index is 0.000000502. The molecule has 0 saturated carbocycles. The molecule has 1 aromatic rings. The van der Waals surface area contributed by atoms with E-state index in [9.17, 15) is 13.0 Å². The standard InChI is InChI=1S/C13H29BrN.C7H8O3S/c1-4-6-8-10-12-15(3,13-14)11-9-7-5-2;1-6-2-4-7(5-3-6)11(8,9)10/h4-13H2,1-3H3;2-5H,1H3,(H,8,9,10)/q+1;/p-1. The van der Waals surface area contributed by atoms with Gasteiger partial charge in [0.25, 0.3) is 0 Å². The second-order valence-electron chi connectivity index (χ2n) is 7.22. The summed E-state index contributed by atoms with van der Waals surface area (Å²) in [6, 6.07) is 5.78. The highest BCUT2D eigenvalue weighted by Crippen LogP contribution is 2.13. The summed E-state index contributed by atoms with van der Waals surface area (Å²) in [5.74, 6) is 0. The van der Waals surface area contributed by atoms with Crippen LogP contribution in [-0.2, 0) is 10.1 Å². The topological polar surface area (TPSA) is 57.2 Å². The van der Waals surface area contributed by atoms with Gasteiger partial charge in [-0.25, -0.2) is 8.42 Å². The first-order valence-corrected chi connectivity index (χ1v) is 12.1. The highest BCUT2D eigenvalue weighted by atomic mass is 79.9. The molecule has 1 rings (SSSR count). The van der Waals surface area contributed by atoms with Gasteiger partial charge in [-0.15, -0.1) is 0 Å². The van der Waals surface area contributed by atoms with Crippen molar-refractivity contribution in [3.63, 3.8) is 0 Å². The predicted molar refractivity (Wildman–Crippen MR) is 113 cm³/mol. The van der Waals surface area contributed by atoms with Crippen molar-refractivity contribution in [2.45, 2.75) is 70.6 Å². The summed E-state index contributed by atoms with van der Waals surface area (Å²) in [5.41, 5.74) is 2.04. The molecule has 6 heteroatoms. The molecule has 1 atom stereocenters. The maximum absolute atomic E-state index is 10.4. The zero-order chi connectivity index (χ0) is 20.1. The van der Waals surface area contributed by atoms with E-state index < -0.39 is 10.1 Å². The number of quaternary nitrogens is 1. The fourth-order valence-electron chi connectivity index (χ4n) is 2.60. The molecule has 0 fully saturated rings. The summed E-state index contributed by atoms with van der Waals surface area (Å²) in [6.45, 7) is 9.06. The van der Waals surface area contributed by atoms with Gasteiger partial charge in [-0.3, -0.25) is 0 Å². The smallest absolute Gasteiger partial charge is 0.134 e. The number of rotatable bonds is 11. The number of benzene rings is 1. The molecule has 0 saturated heterocycles. The highest BCUT2D eigenvalue weighted by Gasteiger charge is 2.18. The van der Waals surface area contributed by atoms with E-state index in [2.05, 4.69) is 36.8 Å². The molecule has 0 bridgehead atoms. The minimum Gasteiger partial charge on any atom is -0.744 e. The number of alkyl halides is 1. The Kier molecular flexibility index (Phi) is 13.5. The fourth-order valence-corrected chi connectivity index (χ4v) is 3.57. The van der Waals surface area contributed by atoms with Crippen molar-refractivity contribution in [2.75, 3.05) is 25.6 Å². The van der Waals surface area contributed by atoms with Crippen LogP contribution in [0.1, 0.15) is 64.4 Å². The van der Waals surface area contributed by atoms with Gasteiger partial charge in [0.2, 0.25) is 0 Å².